The molecule has 2 aromatic rings. The van der Waals surface area contributed by atoms with Gasteiger partial charge in [-0.15, -0.1) is 0 Å². The average molecular weight is 421 g/mol. The first-order valence-electron chi connectivity index (χ1n) is 10.7. The predicted molar refractivity (Wildman–Crippen MR) is 119 cm³/mol. The van der Waals surface area contributed by atoms with Crippen LogP contribution in [0.25, 0.3) is 11.6 Å². The molecule has 2 aliphatic rings. The lowest BCUT2D eigenvalue weighted by Gasteiger charge is -2.19. The smallest absolute Gasteiger partial charge is 0.308 e. The Kier molecular flexibility index (Phi) is 6.37. The Morgan fingerprint density at radius 1 is 1.03 bits per heavy atom. The zero-order chi connectivity index (χ0) is 21.8. The molecule has 0 aromatic heterocycles. The number of carbonyl (C=O) groups excluding carboxylic acids is 2. The van der Waals surface area contributed by atoms with Crippen LogP contribution in [0.5, 0.6) is 11.5 Å². The standard InChI is InChI=1S/C25H28N2O4/c1-17(28)31-23-12-11-18(14-24(23)30-2)13-22(19-7-4-3-5-8-19)25(29)26-27-15-20-9-6-10-21(20)16-27/h3-5,7-8,11-14,20-21H,6,9-10,15-16H2,1-2H3,(H,26,29)/b22-13+. The van der Waals surface area contributed by atoms with Crippen LogP contribution < -0.4 is 14.9 Å². The van der Waals surface area contributed by atoms with Crippen LogP contribution in [0.1, 0.15) is 37.3 Å². The molecule has 2 unspecified atom stereocenters. The van der Waals surface area contributed by atoms with Gasteiger partial charge in [-0.1, -0.05) is 42.8 Å². The fraction of sp³-hybridized carbons (Fsp3) is 0.360. The van der Waals surface area contributed by atoms with E-state index in [4.69, 9.17) is 9.47 Å². The Balaban J connectivity index is 1.60. The Labute approximate surface area is 182 Å². The van der Waals surface area contributed by atoms with Crippen molar-refractivity contribution >= 4 is 23.5 Å². The van der Waals surface area contributed by atoms with Crippen molar-refractivity contribution in [3.8, 4) is 11.5 Å². The lowest BCUT2D eigenvalue weighted by Crippen LogP contribution is -2.41. The maximum Gasteiger partial charge on any atom is 0.308 e. The Morgan fingerprint density at radius 2 is 1.74 bits per heavy atom. The molecule has 4 rings (SSSR count). The van der Waals surface area contributed by atoms with E-state index < -0.39 is 5.97 Å². The highest BCUT2D eigenvalue weighted by atomic mass is 16.6. The fourth-order valence-electron chi connectivity index (χ4n) is 4.61. The zero-order valence-corrected chi connectivity index (χ0v) is 18.0. The molecule has 6 heteroatoms. The summed E-state index contributed by atoms with van der Waals surface area (Å²) in [7, 11) is 1.52. The number of benzene rings is 2. The molecule has 2 aromatic carbocycles. The van der Waals surface area contributed by atoms with E-state index in [9.17, 15) is 9.59 Å². The number of hydrogen-bond donors (Lipinski definition) is 1. The summed E-state index contributed by atoms with van der Waals surface area (Å²) in [5.41, 5.74) is 5.30. The van der Waals surface area contributed by atoms with Gasteiger partial charge in [0.2, 0.25) is 0 Å². The van der Waals surface area contributed by atoms with E-state index in [0.717, 1.165) is 24.2 Å². The van der Waals surface area contributed by atoms with Crippen LogP contribution >= 0.6 is 0 Å². The maximum absolute atomic E-state index is 13.3. The molecule has 1 aliphatic carbocycles. The van der Waals surface area contributed by atoms with Gasteiger partial charge in [-0.05, 0) is 54.0 Å². The third kappa shape index (κ3) is 4.97. The number of nitrogens with one attached hydrogen (secondary N) is 1. The van der Waals surface area contributed by atoms with Crippen molar-refractivity contribution in [3.63, 3.8) is 0 Å². The first kappa shape index (κ1) is 21.1. The maximum atomic E-state index is 13.3. The van der Waals surface area contributed by atoms with Crippen LogP contribution in [0, 0.1) is 11.8 Å². The molecule has 1 saturated heterocycles. The molecular weight excluding hydrogens is 392 g/mol. The highest BCUT2D eigenvalue weighted by molar-refractivity contribution is 6.24. The molecule has 0 bridgehead atoms. The predicted octanol–water partition coefficient (Wildman–Crippen LogP) is 3.92. The van der Waals surface area contributed by atoms with E-state index in [2.05, 4.69) is 10.4 Å². The summed E-state index contributed by atoms with van der Waals surface area (Å²) in [5, 5.41) is 2.07. The minimum atomic E-state index is -0.415. The molecule has 6 nitrogen and oxygen atoms in total. The number of ether oxygens (including phenoxy) is 2. The van der Waals surface area contributed by atoms with E-state index in [1.807, 2.05) is 36.4 Å². The molecule has 1 saturated carbocycles. The van der Waals surface area contributed by atoms with Gasteiger partial charge in [-0.3, -0.25) is 15.0 Å². The molecule has 2 fully saturated rings. The van der Waals surface area contributed by atoms with Crippen molar-refractivity contribution in [3.05, 3.63) is 59.7 Å². The van der Waals surface area contributed by atoms with Crippen LogP contribution in [0.15, 0.2) is 48.5 Å². The highest BCUT2D eigenvalue weighted by Crippen LogP contribution is 2.37. The lowest BCUT2D eigenvalue weighted by atomic mass is 10.0. The quantitative estimate of drug-likeness (QED) is 0.332. The number of hydrogen-bond acceptors (Lipinski definition) is 5. The molecule has 1 N–H and O–H groups in total. The van der Waals surface area contributed by atoms with Gasteiger partial charge in [-0.25, -0.2) is 5.01 Å². The normalized spacial score (nSPS) is 20.9. The SMILES string of the molecule is COc1cc(/C=C(/C(=O)NN2CC3CCCC3C2)c2ccccc2)ccc1OC(C)=O. The lowest BCUT2D eigenvalue weighted by molar-refractivity contribution is -0.132. The van der Waals surface area contributed by atoms with E-state index in [0.29, 0.717) is 28.9 Å². The van der Waals surface area contributed by atoms with Gasteiger partial charge in [0.25, 0.3) is 5.91 Å². The van der Waals surface area contributed by atoms with E-state index in [1.54, 1.807) is 18.2 Å². The molecule has 2 atom stereocenters. The van der Waals surface area contributed by atoms with Crippen molar-refractivity contribution in [1.29, 1.82) is 0 Å². The van der Waals surface area contributed by atoms with Gasteiger partial charge in [0.05, 0.1) is 7.11 Å². The second-order valence-corrected chi connectivity index (χ2v) is 8.22. The van der Waals surface area contributed by atoms with Gasteiger partial charge in [0.1, 0.15) is 0 Å². The average Bonchev–Trinajstić information content (AvgIpc) is 3.34. The second-order valence-electron chi connectivity index (χ2n) is 8.22. The molecular formula is C25H28N2O4. The minimum absolute atomic E-state index is 0.130. The number of fused-ring (bicyclic) bond motifs is 1. The summed E-state index contributed by atoms with van der Waals surface area (Å²) in [4.78, 5) is 24.6. The second kappa shape index (κ2) is 9.35. The molecule has 162 valence electrons. The van der Waals surface area contributed by atoms with Crippen molar-refractivity contribution < 1.29 is 19.1 Å². The number of hydrazine groups is 1. The summed E-state index contributed by atoms with van der Waals surface area (Å²) in [5.74, 6) is 1.63. The molecule has 1 aliphatic heterocycles. The molecule has 0 radical (unpaired) electrons. The Hall–Kier alpha value is -3.12. The van der Waals surface area contributed by atoms with Crippen molar-refractivity contribution in [1.82, 2.24) is 10.4 Å². The van der Waals surface area contributed by atoms with Gasteiger partial charge < -0.3 is 9.47 Å². The van der Waals surface area contributed by atoms with Crippen molar-refractivity contribution in [2.75, 3.05) is 20.2 Å². The van der Waals surface area contributed by atoms with Crippen LogP contribution in [-0.2, 0) is 9.59 Å². The number of methoxy groups -OCH3 is 1. The number of esters is 1. The summed E-state index contributed by atoms with van der Waals surface area (Å²) in [6.07, 6.45) is 5.65. The van der Waals surface area contributed by atoms with E-state index >= 15 is 0 Å². The number of nitrogens with zero attached hydrogens (tertiary/aromatic N) is 1. The molecule has 1 heterocycles. The number of rotatable bonds is 6. The Morgan fingerprint density at radius 3 is 2.39 bits per heavy atom. The summed E-state index contributed by atoms with van der Waals surface area (Å²) in [6, 6.07) is 14.9. The molecule has 31 heavy (non-hydrogen) atoms. The number of carbonyl (C=O) groups is 2. The van der Waals surface area contributed by atoms with Crippen LogP contribution in [0.4, 0.5) is 0 Å². The number of amides is 1. The summed E-state index contributed by atoms with van der Waals surface area (Å²) >= 11 is 0. The Bertz CT molecular complexity index is 974. The van der Waals surface area contributed by atoms with Gasteiger partial charge in [0, 0.05) is 25.6 Å². The van der Waals surface area contributed by atoms with E-state index in [-0.39, 0.29) is 5.91 Å². The van der Waals surface area contributed by atoms with Gasteiger partial charge >= 0.3 is 5.97 Å². The van der Waals surface area contributed by atoms with Crippen LogP contribution in [0.3, 0.4) is 0 Å². The van der Waals surface area contributed by atoms with Gasteiger partial charge in [0.15, 0.2) is 11.5 Å². The summed E-state index contributed by atoms with van der Waals surface area (Å²) < 4.78 is 10.6. The first-order chi connectivity index (χ1) is 15.0. The monoisotopic (exact) mass is 420 g/mol. The summed E-state index contributed by atoms with van der Waals surface area (Å²) in [6.45, 7) is 3.18. The molecule has 0 spiro atoms. The van der Waals surface area contributed by atoms with Crippen molar-refractivity contribution in [2.45, 2.75) is 26.2 Å². The van der Waals surface area contributed by atoms with Crippen LogP contribution in [-0.4, -0.2) is 37.1 Å². The zero-order valence-electron chi connectivity index (χ0n) is 18.0. The van der Waals surface area contributed by atoms with Crippen molar-refractivity contribution in [2.24, 2.45) is 11.8 Å². The third-order valence-electron chi connectivity index (χ3n) is 6.07. The minimum Gasteiger partial charge on any atom is -0.493 e. The third-order valence-corrected chi connectivity index (χ3v) is 6.07. The topological polar surface area (TPSA) is 67.9 Å². The first-order valence-corrected chi connectivity index (χ1v) is 10.7. The van der Waals surface area contributed by atoms with Gasteiger partial charge in [-0.2, -0.15) is 0 Å². The van der Waals surface area contributed by atoms with E-state index in [1.165, 1.54) is 33.3 Å². The van der Waals surface area contributed by atoms with Crippen LogP contribution in [0.2, 0.25) is 0 Å². The molecule has 1 amide bonds. The highest BCUT2D eigenvalue weighted by Gasteiger charge is 2.36. The largest absolute Gasteiger partial charge is 0.493 e. The fourth-order valence-corrected chi connectivity index (χ4v) is 4.61.